The first-order valence-corrected chi connectivity index (χ1v) is 12.2. The van der Waals surface area contributed by atoms with Crippen molar-refractivity contribution in [3.05, 3.63) is 77.7 Å². The average molecular weight is 517 g/mol. The monoisotopic (exact) mass is 516 g/mol. The molecule has 0 fully saturated rings. The Morgan fingerprint density at radius 1 is 1.05 bits per heavy atom. The van der Waals surface area contributed by atoms with Crippen molar-refractivity contribution in [1.29, 1.82) is 0 Å². The van der Waals surface area contributed by atoms with Crippen LogP contribution in [-0.4, -0.2) is 44.7 Å². The van der Waals surface area contributed by atoms with Crippen molar-refractivity contribution in [2.45, 2.75) is 52.7 Å². The highest BCUT2D eigenvalue weighted by Gasteiger charge is 2.38. The topological polar surface area (TPSA) is 115 Å². The number of ether oxygens (including phenoxy) is 1. The van der Waals surface area contributed by atoms with Gasteiger partial charge in [-0.1, -0.05) is 42.0 Å². The number of methoxy groups -OCH3 is 1. The van der Waals surface area contributed by atoms with Gasteiger partial charge in [0, 0.05) is 11.1 Å². The Morgan fingerprint density at radius 2 is 1.76 bits per heavy atom. The van der Waals surface area contributed by atoms with E-state index in [9.17, 15) is 9.59 Å². The number of tetrazole rings is 1. The summed E-state index contributed by atoms with van der Waals surface area (Å²) < 4.78 is 11.4. The number of anilines is 1. The highest BCUT2D eigenvalue weighted by atomic mass is 16.5. The van der Waals surface area contributed by atoms with Crippen LogP contribution in [-0.2, 0) is 16.1 Å². The minimum absolute atomic E-state index is 0.268. The quantitative estimate of drug-likeness (QED) is 0.372. The maximum atomic E-state index is 14.0. The SMILES string of the molecule is COc1ccccc1N(C(=O)Cn1nnc(-c2ccc(C)cc2)n1)[C@@H](C(=O)NC(C)(C)C)c1ccc(C)o1. The van der Waals surface area contributed by atoms with Gasteiger partial charge in [0.05, 0.1) is 12.8 Å². The Bertz CT molecular complexity index is 1420. The molecule has 0 spiro atoms. The van der Waals surface area contributed by atoms with Crippen molar-refractivity contribution in [3.8, 4) is 17.1 Å². The number of carbonyl (C=O) groups is 2. The number of benzene rings is 2. The molecule has 0 radical (unpaired) electrons. The molecule has 4 aromatic rings. The van der Waals surface area contributed by atoms with Gasteiger partial charge in [0.15, 0.2) is 6.04 Å². The van der Waals surface area contributed by atoms with Crippen LogP contribution in [0.2, 0.25) is 0 Å². The van der Waals surface area contributed by atoms with Gasteiger partial charge in [-0.3, -0.25) is 14.5 Å². The van der Waals surface area contributed by atoms with Crippen molar-refractivity contribution < 1.29 is 18.7 Å². The minimum Gasteiger partial charge on any atom is -0.495 e. The summed E-state index contributed by atoms with van der Waals surface area (Å²) in [6.07, 6.45) is 0. The fourth-order valence-electron chi connectivity index (χ4n) is 3.98. The molecule has 2 aromatic carbocycles. The van der Waals surface area contributed by atoms with Crippen molar-refractivity contribution in [2.24, 2.45) is 0 Å². The average Bonchev–Trinajstić information content (AvgIpc) is 3.50. The molecule has 0 aliphatic heterocycles. The van der Waals surface area contributed by atoms with Gasteiger partial charge in [0.2, 0.25) is 5.82 Å². The number of rotatable bonds is 8. The lowest BCUT2D eigenvalue weighted by Crippen LogP contribution is -2.50. The fourth-order valence-corrected chi connectivity index (χ4v) is 3.98. The number of nitrogens with one attached hydrogen (secondary N) is 1. The normalized spacial score (nSPS) is 12.2. The Hall–Kier alpha value is -4.47. The molecule has 2 aromatic heterocycles. The maximum absolute atomic E-state index is 14.0. The number of hydrogen-bond donors (Lipinski definition) is 1. The molecule has 4 rings (SSSR count). The smallest absolute Gasteiger partial charge is 0.251 e. The largest absolute Gasteiger partial charge is 0.495 e. The van der Waals surface area contributed by atoms with Crippen molar-refractivity contribution in [3.63, 3.8) is 0 Å². The molecule has 1 atom stereocenters. The first-order chi connectivity index (χ1) is 18.1. The lowest BCUT2D eigenvalue weighted by Gasteiger charge is -2.33. The van der Waals surface area contributed by atoms with Crippen LogP contribution >= 0.6 is 0 Å². The summed E-state index contributed by atoms with van der Waals surface area (Å²) in [6.45, 7) is 9.12. The lowest BCUT2D eigenvalue weighted by atomic mass is 10.1. The molecule has 2 amide bonds. The first-order valence-electron chi connectivity index (χ1n) is 12.2. The van der Waals surface area contributed by atoms with Gasteiger partial charge >= 0.3 is 0 Å². The highest BCUT2D eigenvalue weighted by Crippen LogP contribution is 2.36. The predicted molar refractivity (Wildman–Crippen MR) is 143 cm³/mol. The van der Waals surface area contributed by atoms with E-state index in [0.29, 0.717) is 28.8 Å². The Morgan fingerprint density at radius 3 is 2.39 bits per heavy atom. The van der Waals surface area contributed by atoms with Gasteiger partial charge in [-0.15, -0.1) is 10.2 Å². The fraction of sp³-hybridized carbons (Fsp3) is 0.321. The van der Waals surface area contributed by atoms with E-state index in [1.165, 1.54) is 16.8 Å². The van der Waals surface area contributed by atoms with Gasteiger partial charge in [0.1, 0.15) is 23.8 Å². The predicted octanol–water partition coefficient (Wildman–Crippen LogP) is 4.25. The van der Waals surface area contributed by atoms with Crippen LogP contribution in [0.5, 0.6) is 5.75 Å². The van der Waals surface area contributed by atoms with Crippen LogP contribution in [0.3, 0.4) is 0 Å². The van der Waals surface area contributed by atoms with Gasteiger partial charge < -0.3 is 14.5 Å². The first kappa shape index (κ1) is 26.6. The van der Waals surface area contributed by atoms with Crippen LogP contribution in [0.25, 0.3) is 11.4 Å². The van der Waals surface area contributed by atoms with Gasteiger partial charge in [-0.2, -0.15) is 4.80 Å². The molecule has 1 N–H and O–H groups in total. The zero-order valence-corrected chi connectivity index (χ0v) is 22.4. The molecule has 10 nitrogen and oxygen atoms in total. The summed E-state index contributed by atoms with van der Waals surface area (Å²) in [7, 11) is 1.51. The van der Waals surface area contributed by atoms with E-state index >= 15 is 0 Å². The molecule has 38 heavy (non-hydrogen) atoms. The van der Waals surface area contributed by atoms with E-state index in [-0.39, 0.29) is 6.54 Å². The van der Waals surface area contributed by atoms with E-state index < -0.39 is 23.4 Å². The van der Waals surface area contributed by atoms with E-state index in [4.69, 9.17) is 9.15 Å². The zero-order valence-electron chi connectivity index (χ0n) is 22.4. The highest BCUT2D eigenvalue weighted by molar-refractivity contribution is 6.02. The molecule has 10 heteroatoms. The summed E-state index contributed by atoms with van der Waals surface area (Å²) in [6, 6.07) is 17.0. The van der Waals surface area contributed by atoms with Gasteiger partial charge in [-0.05, 0) is 64.1 Å². The summed E-state index contributed by atoms with van der Waals surface area (Å²) in [4.78, 5) is 30.3. The molecule has 0 unspecified atom stereocenters. The molecule has 0 aliphatic carbocycles. The summed E-state index contributed by atoms with van der Waals surface area (Å²) >= 11 is 0. The second kappa shape index (κ2) is 10.9. The van der Waals surface area contributed by atoms with E-state index in [2.05, 4.69) is 20.7 Å². The number of carbonyl (C=O) groups excluding carboxylic acids is 2. The number of hydrogen-bond acceptors (Lipinski definition) is 7. The number of para-hydroxylation sites is 2. The van der Waals surface area contributed by atoms with Gasteiger partial charge in [-0.25, -0.2) is 0 Å². The summed E-state index contributed by atoms with van der Waals surface area (Å²) in [5.74, 6) is 0.885. The molecule has 0 saturated heterocycles. The second-order valence-electron chi connectivity index (χ2n) is 10.0. The Labute approximate surface area is 221 Å². The molecule has 0 saturated carbocycles. The van der Waals surface area contributed by atoms with Crippen molar-refractivity contribution >= 4 is 17.5 Å². The Kier molecular flexibility index (Phi) is 7.61. The maximum Gasteiger partial charge on any atom is 0.251 e. The molecule has 0 bridgehead atoms. The van der Waals surface area contributed by atoms with Crippen molar-refractivity contribution in [2.75, 3.05) is 12.0 Å². The third-order valence-electron chi connectivity index (χ3n) is 5.69. The number of furan rings is 1. The second-order valence-corrected chi connectivity index (χ2v) is 10.0. The van der Waals surface area contributed by atoms with Crippen LogP contribution in [0.4, 0.5) is 5.69 Å². The van der Waals surface area contributed by atoms with E-state index in [0.717, 1.165) is 11.1 Å². The Balaban J connectivity index is 1.76. The molecular weight excluding hydrogens is 484 g/mol. The summed E-state index contributed by atoms with van der Waals surface area (Å²) in [5.41, 5.74) is 1.74. The third kappa shape index (κ3) is 6.08. The molecule has 198 valence electrons. The summed E-state index contributed by atoms with van der Waals surface area (Å²) in [5, 5.41) is 15.6. The number of aromatic nitrogens is 4. The van der Waals surface area contributed by atoms with Gasteiger partial charge in [0.25, 0.3) is 11.8 Å². The zero-order chi connectivity index (χ0) is 27.4. The number of aryl methyl sites for hydroxylation is 2. The number of amides is 2. The lowest BCUT2D eigenvalue weighted by molar-refractivity contribution is -0.128. The standard InChI is InChI=1S/C28H32N6O4/c1-18-11-14-20(15-12-18)26-30-32-33(31-26)17-24(35)34(21-9-7-8-10-22(21)37-6)25(23-16-13-19(2)38-23)27(36)29-28(3,4)5/h7-16,25H,17H2,1-6H3,(H,29,36)/t25-/m1/s1. The number of nitrogens with zero attached hydrogens (tertiary/aromatic N) is 5. The third-order valence-corrected chi connectivity index (χ3v) is 5.69. The van der Waals surface area contributed by atoms with Crippen LogP contribution in [0, 0.1) is 13.8 Å². The molecule has 0 aliphatic rings. The van der Waals surface area contributed by atoms with Crippen molar-refractivity contribution in [1.82, 2.24) is 25.5 Å². The van der Waals surface area contributed by atoms with Crippen LogP contribution in [0.15, 0.2) is 65.1 Å². The molecule has 2 heterocycles. The molecular formula is C28H32N6O4. The minimum atomic E-state index is -1.12. The van der Waals surface area contributed by atoms with E-state index in [1.54, 1.807) is 43.3 Å². The van der Waals surface area contributed by atoms with Crippen LogP contribution in [0.1, 0.15) is 43.9 Å². The van der Waals surface area contributed by atoms with Crippen LogP contribution < -0.4 is 15.0 Å². The van der Waals surface area contributed by atoms with E-state index in [1.807, 2.05) is 52.0 Å².